The molecule has 0 radical (unpaired) electrons. The molecule has 1 heterocycles. The average Bonchev–Trinajstić information content (AvgIpc) is 3.17. The Balaban J connectivity index is 1.65. The number of nitrogens with one attached hydrogen (secondary N) is 1. The number of methoxy groups -OCH3 is 1. The first kappa shape index (κ1) is 19.4. The molecule has 0 saturated carbocycles. The quantitative estimate of drug-likeness (QED) is 0.386. The van der Waals surface area contributed by atoms with Crippen LogP contribution in [0.1, 0.15) is 21.7 Å². The maximum absolute atomic E-state index is 11.9. The van der Waals surface area contributed by atoms with E-state index in [4.69, 9.17) is 20.8 Å². The monoisotopic (exact) mass is 396 g/mol. The van der Waals surface area contributed by atoms with Crippen LogP contribution in [0.25, 0.3) is 11.3 Å². The predicted octanol–water partition coefficient (Wildman–Crippen LogP) is 4.08. The summed E-state index contributed by atoms with van der Waals surface area (Å²) in [5.41, 5.74) is 4.28. The first-order chi connectivity index (χ1) is 13.6. The van der Waals surface area contributed by atoms with Gasteiger partial charge in [0.15, 0.2) is 0 Å². The fourth-order valence-electron chi connectivity index (χ4n) is 2.51. The summed E-state index contributed by atoms with van der Waals surface area (Å²) in [7, 11) is 1.29. The van der Waals surface area contributed by atoms with Crippen molar-refractivity contribution in [1.29, 1.82) is 0 Å². The zero-order chi connectivity index (χ0) is 19.9. The van der Waals surface area contributed by atoms with Gasteiger partial charge >= 0.3 is 5.97 Å². The van der Waals surface area contributed by atoms with Crippen molar-refractivity contribution in [2.45, 2.75) is 6.42 Å². The van der Waals surface area contributed by atoms with Crippen molar-refractivity contribution in [3.05, 3.63) is 82.6 Å². The molecular weight excluding hydrogens is 380 g/mol. The van der Waals surface area contributed by atoms with E-state index in [0.29, 0.717) is 22.1 Å². The Morgan fingerprint density at radius 2 is 1.93 bits per heavy atom. The van der Waals surface area contributed by atoms with Gasteiger partial charge in [-0.1, -0.05) is 41.9 Å². The number of hydrogen-bond donors (Lipinski definition) is 1. The maximum Gasteiger partial charge on any atom is 0.339 e. The Bertz CT molecular complexity index is 1010. The molecule has 7 heteroatoms. The fraction of sp³-hybridized carbons (Fsp3) is 0.0952. The molecular formula is C21H17ClN2O4. The number of hydrazone groups is 1. The highest BCUT2D eigenvalue weighted by Gasteiger charge is 2.13. The number of rotatable bonds is 6. The van der Waals surface area contributed by atoms with E-state index in [-0.39, 0.29) is 17.9 Å². The smallest absolute Gasteiger partial charge is 0.339 e. The highest BCUT2D eigenvalue weighted by Crippen LogP contribution is 2.27. The molecule has 0 saturated heterocycles. The average molecular weight is 397 g/mol. The third-order valence-corrected chi connectivity index (χ3v) is 4.20. The lowest BCUT2D eigenvalue weighted by atomic mass is 10.1. The number of furan rings is 1. The van der Waals surface area contributed by atoms with Gasteiger partial charge < -0.3 is 9.15 Å². The van der Waals surface area contributed by atoms with Crippen LogP contribution >= 0.6 is 11.6 Å². The lowest BCUT2D eigenvalue weighted by Gasteiger charge is -2.04. The number of carbonyl (C=O) groups excluding carboxylic acids is 2. The summed E-state index contributed by atoms with van der Waals surface area (Å²) < 4.78 is 10.4. The van der Waals surface area contributed by atoms with Crippen molar-refractivity contribution in [2.24, 2.45) is 5.10 Å². The summed E-state index contributed by atoms with van der Waals surface area (Å²) in [6, 6.07) is 17.7. The van der Waals surface area contributed by atoms with E-state index in [1.165, 1.54) is 13.3 Å². The van der Waals surface area contributed by atoms with Crippen molar-refractivity contribution in [3.8, 4) is 11.3 Å². The van der Waals surface area contributed by atoms with Gasteiger partial charge in [-0.25, -0.2) is 10.2 Å². The van der Waals surface area contributed by atoms with Gasteiger partial charge in [0.2, 0.25) is 5.91 Å². The minimum Gasteiger partial charge on any atom is -0.465 e. The molecule has 0 atom stereocenters. The summed E-state index contributed by atoms with van der Waals surface area (Å²) in [6.07, 6.45) is 1.65. The number of benzene rings is 2. The standard InChI is InChI=1S/C21H17ClN2O4/c1-27-21(26)17-12-15(7-9-18(17)22)19-10-8-16(28-19)13-23-24-20(25)11-14-5-3-2-4-6-14/h2-10,12-13H,11H2,1H3,(H,24,25)/b23-13-. The van der Waals surface area contributed by atoms with Gasteiger partial charge in [0.05, 0.1) is 30.3 Å². The SMILES string of the molecule is COC(=O)c1cc(-c2ccc(/C=N\NC(=O)Cc3ccccc3)o2)ccc1Cl. The second-order valence-electron chi connectivity index (χ2n) is 5.84. The lowest BCUT2D eigenvalue weighted by molar-refractivity contribution is -0.120. The predicted molar refractivity (Wildman–Crippen MR) is 106 cm³/mol. The lowest BCUT2D eigenvalue weighted by Crippen LogP contribution is -2.19. The zero-order valence-electron chi connectivity index (χ0n) is 15.0. The third kappa shape index (κ3) is 4.86. The molecule has 1 aromatic heterocycles. The number of esters is 1. The molecule has 0 aliphatic carbocycles. The summed E-state index contributed by atoms with van der Waals surface area (Å²) in [4.78, 5) is 23.6. The molecule has 0 fully saturated rings. The van der Waals surface area contributed by atoms with Crippen molar-refractivity contribution in [2.75, 3.05) is 7.11 Å². The van der Waals surface area contributed by atoms with Crippen LogP contribution in [-0.2, 0) is 16.0 Å². The highest BCUT2D eigenvalue weighted by atomic mass is 35.5. The molecule has 1 N–H and O–H groups in total. The molecule has 3 rings (SSSR count). The molecule has 3 aromatic rings. The van der Waals surface area contributed by atoms with Gasteiger partial charge in [-0.2, -0.15) is 5.10 Å². The van der Waals surface area contributed by atoms with Gasteiger partial charge in [-0.3, -0.25) is 4.79 Å². The molecule has 6 nitrogen and oxygen atoms in total. The summed E-state index contributed by atoms with van der Waals surface area (Å²) >= 11 is 6.03. The minimum atomic E-state index is -0.527. The van der Waals surface area contributed by atoms with E-state index in [2.05, 4.69) is 10.5 Å². The summed E-state index contributed by atoms with van der Waals surface area (Å²) in [5.74, 6) is 0.222. The Hall–Kier alpha value is -3.38. The van der Waals surface area contributed by atoms with E-state index in [9.17, 15) is 9.59 Å². The third-order valence-electron chi connectivity index (χ3n) is 3.87. The molecule has 28 heavy (non-hydrogen) atoms. The molecule has 0 spiro atoms. The fourth-order valence-corrected chi connectivity index (χ4v) is 2.71. The Morgan fingerprint density at radius 1 is 1.14 bits per heavy atom. The number of halogens is 1. The summed E-state index contributed by atoms with van der Waals surface area (Å²) in [6.45, 7) is 0. The van der Waals surface area contributed by atoms with Gasteiger partial charge in [0.25, 0.3) is 0 Å². The van der Waals surface area contributed by atoms with Crippen molar-refractivity contribution in [1.82, 2.24) is 5.43 Å². The highest BCUT2D eigenvalue weighted by molar-refractivity contribution is 6.33. The van der Waals surface area contributed by atoms with E-state index in [0.717, 1.165) is 5.56 Å². The number of ether oxygens (including phenoxy) is 1. The Kier molecular flexibility index (Phi) is 6.24. The Morgan fingerprint density at radius 3 is 2.68 bits per heavy atom. The minimum absolute atomic E-state index is 0.227. The van der Waals surface area contributed by atoms with Crippen molar-refractivity contribution in [3.63, 3.8) is 0 Å². The zero-order valence-corrected chi connectivity index (χ0v) is 15.8. The molecule has 0 unspecified atom stereocenters. The van der Waals surface area contributed by atoms with E-state index >= 15 is 0 Å². The topological polar surface area (TPSA) is 80.9 Å². The van der Waals surface area contributed by atoms with Crippen LogP contribution in [0.15, 0.2) is 70.2 Å². The first-order valence-corrected chi connectivity index (χ1v) is 8.78. The summed E-state index contributed by atoms with van der Waals surface area (Å²) in [5, 5.41) is 4.20. The van der Waals surface area contributed by atoms with Crippen molar-refractivity contribution < 1.29 is 18.7 Å². The maximum atomic E-state index is 11.9. The molecule has 0 bridgehead atoms. The van der Waals surface area contributed by atoms with E-state index < -0.39 is 5.97 Å². The van der Waals surface area contributed by atoms with Crippen molar-refractivity contribution >= 4 is 29.7 Å². The van der Waals surface area contributed by atoms with Crippen LogP contribution in [0.3, 0.4) is 0 Å². The normalized spacial score (nSPS) is 10.8. The van der Waals surface area contributed by atoms with E-state index in [1.807, 2.05) is 30.3 Å². The second kappa shape index (κ2) is 9.01. The van der Waals surface area contributed by atoms with Gasteiger partial charge in [0, 0.05) is 5.56 Å². The van der Waals surface area contributed by atoms with Crippen LogP contribution in [0.4, 0.5) is 0 Å². The van der Waals surface area contributed by atoms with Crippen LogP contribution in [-0.4, -0.2) is 25.2 Å². The van der Waals surface area contributed by atoms with Gasteiger partial charge in [-0.05, 0) is 35.9 Å². The van der Waals surface area contributed by atoms with E-state index in [1.54, 1.807) is 30.3 Å². The first-order valence-electron chi connectivity index (χ1n) is 8.40. The molecule has 0 aliphatic rings. The van der Waals surface area contributed by atoms with Gasteiger partial charge in [-0.15, -0.1) is 0 Å². The molecule has 0 aliphatic heterocycles. The number of nitrogens with zero attached hydrogens (tertiary/aromatic N) is 1. The number of amides is 1. The van der Waals surface area contributed by atoms with Crippen LogP contribution < -0.4 is 5.43 Å². The molecule has 2 aromatic carbocycles. The van der Waals surface area contributed by atoms with Crippen LogP contribution in [0.5, 0.6) is 0 Å². The van der Waals surface area contributed by atoms with Crippen LogP contribution in [0.2, 0.25) is 5.02 Å². The number of hydrogen-bond acceptors (Lipinski definition) is 5. The van der Waals surface area contributed by atoms with Gasteiger partial charge in [0.1, 0.15) is 11.5 Å². The molecule has 142 valence electrons. The number of carbonyl (C=O) groups is 2. The largest absolute Gasteiger partial charge is 0.465 e. The Labute approximate surface area is 166 Å². The van der Waals surface area contributed by atoms with Crippen LogP contribution in [0, 0.1) is 0 Å². The molecule has 1 amide bonds. The second-order valence-corrected chi connectivity index (χ2v) is 6.25.